The maximum Gasteiger partial charge on any atom is 0.238 e. The summed E-state index contributed by atoms with van der Waals surface area (Å²) in [5.74, 6) is 1.95. The second kappa shape index (κ2) is 10.0. The smallest absolute Gasteiger partial charge is 0.238 e. The highest BCUT2D eigenvalue weighted by Crippen LogP contribution is 2.43. The van der Waals surface area contributed by atoms with Gasteiger partial charge in [0, 0.05) is 38.7 Å². The Balaban J connectivity index is 1.39. The van der Waals surface area contributed by atoms with Gasteiger partial charge in [-0.1, -0.05) is 97.1 Å². The zero-order valence-corrected chi connectivity index (χ0v) is 24.2. The van der Waals surface area contributed by atoms with Crippen molar-refractivity contribution in [1.29, 1.82) is 0 Å². The van der Waals surface area contributed by atoms with Crippen molar-refractivity contribution in [3.8, 4) is 34.4 Å². The van der Waals surface area contributed by atoms with Crippen LogP contribution >= 0.6 is 0 Å². The topological polar surface area (TPSA) is 48.5 Å². The van der Waals surface area contributed by atoms with E-state index in [1.54, 1.807) is 0 Å². The van der Waals surface area contributed by atoms with Gasteiger partial charge in [0.15, 0.2) is 11.6 Å². The third kappa shape index (κ3) is 3.82. The van der Waals surface area contributed by atoms with E-state index >= 15 is 0 Å². The molecule has 0 saturated heterocycles. The number of benzene rings is 5. The molecule has 0 amide bonds. The second-order valence-electron chi connectivity index (χ2n) is 11.5. The number of nitrogens with zero attached hydrogens (tertiary/aromatic N) is 5. The van der Waals surface area contributed by atoms with Crippen LogP contribution in [0.5, 0.6) is 0 Å². The Kier molecular flexibility index (Phi) is 5.69. The van der Waals surface area contributed by atoms with Crippen molar-refractivity contribution >= 4 is 32.7 Å². The summed E-state index contributed by atoms with van der Waals surface area (Å²) in [6.45, 7) is 0. The van der Waals surface area contributed by atoms with Crippen LogP contribution in [0.15, 0.2) is 127 Å². The van der Waals surface area contributed by atoms with Crippen LogP contribution in [0.25, 0.3) is 67.1 Å². The molecule has 3 aromatic heterocycles. The molecule has 0 unspecified atom stereocenters. The fourth-order valence-electron chi connectivity index (χ4n) is 7.08. The predicted octanol–water partition coefficient (Wildman–Crippen LogP) is 9.13. The normalized spacial score (nSPS) is 13.1. The van der Waals surface area contributed by atoms with Crippen molar-refractivity contribution in [1.82, 2.24) is 24.1 Å². The molecule has 5 heteroatoms. The van der Waals surface area contributed by atoms with Crippen LogP contribution in [0.3, 0.4) is 0 Å². The zero-order chi connectivity index (χ0) is 29.0. The molecule has 5 nitrogen and oxygen atoms in total. The summed E-state index contributed by atoms with van der Waals surface area (Å²) in [5.41, 5.74) is 9.55. The van der Waals surface area contributed by atoms with E-state index in [1.165, 1.54) is 51.5 Å². The highest BCUT2D eigenvalue weighted by Gasteiger charge is 2.26. The van der Waals surface area contributed by atoms with Gasteiger partial charge in [-0.15, -0.1) is 0 Å². The first kappa shape index (κ1) is 25.0. The highest BCUT2D eigenvalue weighted by atomic mass is 15.2. The number of rotatable bonds is 4. The average molecular weight is 568 g/mol. The molecule has 5 aromatic carbocycles. The number of hydrogen-bond acceptors (Lipinski definition) is 3. The maximum absolute atomic E-state index is 5.13. The molecule has 1 aliphatic carbocycles. The quantitative estimate of drug-likeness (QED) is 0.213. The van der Waals surface area contributed by atoms with Crippen LogP contribution in [0, 0.1) is 0 Å². The Labute approximate surface area is 255 Å². The summed E-state index contributed by atoms with van der Waals surface area (Å²) in [4.78, 5) is 15.2. The summed E-state index contributed by atoms with van der Waals surface area (Å²) in [6.07, 6.45) is 4.61. The van der Waals surface area contributed by atoms with Crippen molar-refractivity contribution in [2.45, 2.75) is 25.7 Å². The number of aromatic nitrogens is 5. The fraction of sp³-hybridized carbons (Fsp3) is 0.103. The molecule has 8 aromatic rings. The van der Waals surface area contributed by atoms with Crippen molar-refractivity contribution in [3.63, 3.8) is 0 Å². The summed E-state index contributed by atoms with van der Waals surface area (Å²) in [6, 6.07) is 44.4. The molecule has 0 aliphatic heterocycles. The summed E-state index contributed by atoms with van der Waals surface area (Å²) in [7, 11) is 0. The Morgan fingerprint density at radius 2 is 1.02 bits per heavy atom. The van der Waals surface area contributed by atoms with Gasteiger partial charge >= 0.3 is 0 Å². The minimum absolute atomic E-state index is 0.625. The molecule has 3 heterocycles. The van der Waals surface area contributed by atoms with Crippen LogP contribution in [0.2, 0.25) is 0 Å². The molecule has 9 rings (SSSR count). The number of hydrogen-bond donors (Lipinski definition) is 0. The standard InChI is InChI=1S/C39H29N5/c1-4-14-26(15-5-1)37-40-38(27-16-6-2-7-17-27)42-39(41-37)44-32-23-13-11-21-30(32)36-34(44)25-24-33-35(36)29-20-10-12-22-31(29)43(33)28-18-8-3-9-19-28/h1-9,11,13-19,21,23-25H,10,12,20,22H2. The van der Waals surface area contributed by atoms with Crippen LogP contribution in [0.4, 0.5) is 0 Å². The number of aryl methyl sites for hydroxylation is 1. The lowest BCUT2D eigenvalue weighted by Gasteiger charge is -2.16. The van der Waals surface area contributed by atoms with E-state index in [-0.39, 0.29) is 0 Å². The average Bonchev–Trinajstić information content (AvgIpc) is 3.62. The van der Waals surface area contributed by atoms with Gasteiger partial charge in [-0.3, -0.25) is 4.57 Å². The van der Waals surface area contributed by atoms with Gasteiger partial charge in [0.2, 0.25) is 5.95 Å². The van der Waals surface area contributed by atoms with E-state index in [9.17, 15) is 0 Å². The van der Waals surface area contributed by atoms with E-state index in [2.05, 4.69) is 100 Å². The maximum atomic E-state index is 5.13. The van der Waals surface area contributed by atoms with Crippen LogP contribution in [-0.2, 0) is 12.8 Å². The molecular formula is C39H29N5. The SMILES string of the molecule is c1ccc(-c2nc(-c3ccccc3)nc(-n3c4ccccc4c4c5c6c(n(-c7ccccc7)c5ccc43)CCCC6)n2)cc1. The summed E-state index contributed by atoms with van der Waals surface area (Å²) >= 11 is 0. The lowest BCUT2D eigenvalue weighted by molar-refractivity contribution is 0.667. The van der Waals surface area contributed by atoms with Gasteiger partial charge in [0.05, 0.1) is 16.6 Å². The Morgan fingerprint density at radius 3 is 1.70 bits per heavy atom. The molecule has 0 N–H and O–H groups in total. The van der Waals surface area contributed by atoms with Crippen molar-refractivity contribution < 1.29 is 0 Å². The first-order valence-corrected chi connectivity index (χ1v) is 15.4. The highest BCUT2D eigenvalue weighted by molar-refractivity contribution is 6.22. The Morgan fingerprint density at radius 1 is 0.455 bits per heavy atom. The van der Waals surface area contributed by atoms with E-state index in [0.29, 0.717) is 17.6 Å². The molecule has 0 atom stereocenters. The van der Waals surface area contributed by atoms with Crippen LogP contribution in [-0.4, -0.2) is 24.1 Å². The van der Waals surface area contributed by atoms with E-state index in [4.69, 9.17) is 15.0 Å². The minimum atomic E-state index is 0.625. The number of fused-ring (bicyclic) bond motifs is 7. The van der Waals surface area contributed by atoms with Crippen molar-refractivity contribution in [3.05, 3.63) is 139 Å². The third-order valence-electron chi connectivity index (χ3n) is 8.97. The first-order chi connectivity index (χ1) is 21.8. The van der Waals surface area contributed by atoms with Gasteiger partial charge in [0.1, 0.15) is 0 Å². The molecule has 0 spiro atoms. The van der Waals surface area contributed by atoms with Crippen LogP contribution in [0.1, 0.15) is 24.1 Å². The largest absolute Gasteiger partial charge is 0.313 e. The molecule has 0 bridgehead atoms. The number of para-hydroxylation sites is 2. The van der Waals surface area contributed by atoms with Crippen molar-refractivity contribution in [2.24, 2.45) is 0 Å². The molecule has 0 radical (unpaired) electrons. The van der Waals surface area contributed by atoms with Gasteiger partial charge in [-0.25, -0.2) is 4.98 Å². The molecule has 0 saturated carbocycles. The summed E-state index contributed by atoms with van der Waals surface area (Å²) in [5, 5.41) is 3.85. The van der Waals surface area contributed by atoms with E-state index < -0.39 is 0 Å². The van der Waals surface area contributed by atoms with Gasteiger partial charge in [0.25, 0.3) is 0 Å². The predicted molar refractivity (Wildman–Crippen MR) is 179 cm³/mol. The fourth-order valence-corrected chi connectivity index (χ4v) is 7.08. The third-order valence-corrected chi connectivity index (χ3v) is 8.97. The lowest BCUT2D eigenvalue weighted by atomic mass is 9.94. The van der Waals surface area contributed by atoms with Crippen molar-refractivity contribution in [2.75, 3.05) is 0 Å². The first-order valence-electron chi connectivity index (χ1n) is 15.4. The monoisotopic (exact) mass is 567 g/mol. The molecule has 1 aliphatic rings. The molecule has 210 valence electrons. The van der Waals surface area contributed by atoms with Gasteiger partial charge < -0.3 is 4.57 Å². The molecule has 0 fully saturated rings. The van der Waals surface area contributed by atoms with E-state index in [0.717, 1.165) is 35.0 Å². The molecule has 44 heavy (non-hydrogen) atoms. The zero-order valence-electron chi connectivity index (χ0n) is 24.2. The molecular weight excluding hydrogens is 538 g/mol. The van der Waals surface area contributed by atoms with Crippen LogP contribution < -0.4 is 0 Å². The van der Waals surface area contributed by atoms with E-state index in [1.807, 2.05) is 36.4 Å². The Hall–Kier alpha value is -5.55. The Bertz CT molecular complexity index is 2260. The second-order valence-corrected chi connectivity index (χ2v) is 11.5. The van der Waals surface area contributed by atoms with Gasteiger partial charge in [-0.05, 0) is 61.6 Å². The minimum Gasteiger partial charge on any atom is -0.313 e. The lowest BCUT2D eigenvalue weighted by Crippen LogP contribution is -2.06. The van der Waals surface area contributed by atoms with Gasteiger partial charge in [-0.2, -0.15) is 9.97 Å². The summed E-state index contributed by atoms with van der Waals surface area (Å²) < 4.78 is 4.74.